The average Bonchev–Trinajstić information content (AvgIpc) is 2.55. The van der Waals surface area contributed by atoms with Gasteiger partial charge in [-0.1, -0.05) is 23.7 Å². The molecule has 0 bridgehead atoms. The minimum atomic E-state index is -1.32. The number of methoxy groups -OCH3 is 1. The molecule has 1 heterocycles. The number of benzene rings is 2. The molecule has 6 heteroatoms. The molecule has 3 rings (SSSR count). The molecule has 0 aliphatic rings. The first-order valence-corrected chi connectivity index (χ1v) is 7.03. The molecule has 2 aromatic carbocycles. The van der Waals surface area contributed by atoms with E-state index in [0.717, 1.165) is 0 Å². The Hall–Kier alpha value is -2.79. The number of hydrogen-bond donors (Lipinski definition) is 1. The van der Waals surface area contributed by atoms with Crippen LogP contribution < -0.4 is 10.2 Å². The molecule has 0 saturated heterocycles. The van der Waals surface area contributed by atoms with Crippen molar-refractivity contribution in [3.8, 4) is 16.9 Å². The molecule has 116 valence electrons. The molecule has 0 aliphatic carbocycles. The van der Waals surface area contributed by atoms with Crippen molar-refractivity contribution in [2.24, 2.45) is 0 Å². The van der Waals surface area contributed by atoms with Gasteiger partial charge in [0.2, 0.25) is 11.2 Å². The van der Waals surface area contributed by atoms with Crippen molar-refractivity contribution in [1.82, 2.24) is 0 Å². The summed E-state index contributed by atoms with van der Waals surface area (Å²) < 4.78 is 10.5. The normalized spacial score (nSPS) is 10.7. The largest absolute Gasteiger partial charge is 0.497 e. The van der Waals surface area contributed by atoms with Crippen LogP contribution >= 0.6 is 11.6 Å². The van der Waals surface area contributed by atoms with Crippen molar-refractivity contribution in [3.63, 3.8) is 0 Å². The average molecular weight is 331 g/mol. The highest BCUT2D eigenvalue weighted by Crippen LogP contribution is 2.27. The number of hydrogen-bond acceptors (Lipinski definition) is 4. The predicted octanol–water partition coefficient (Wildman–Crippen LogP) is 3.82. The maximum Gasteiger partial charge on any atom is 0.372 e. The van der Waals surface area contributed by atoms with E-state index in [1.165, 1.54) is 13.2 Å². The molecule has 0 amide bonds. The summed E-state index contributed by atoms with van der Waals surface area (Å²) in [6, 6.07) is 11.0. The summed E-state index contributed by atoms with van der Waals surface area (Å²) in [6.07, 6.45) is 0. The molecule has 1 aromatic heterocycles. The molecular formula is C17H11ClO5. The van der Waals surface area contributed by atoms with Gasteiger partial charge in [-0.25, -0.2) is 4.79 Å². The summed E-state index contributed by atoms with van der Waals surface area (Å²) in [5, 5.41) is 10.2. The third kappa shape index (κ3) is 2.66. The van der Waals surface area contributed by atoms with Crippen LogP contribution in [-0.2, 0) is 0 Å². The first-order valence-electron chi connectivity index (χ1n) is 6.65. The number of fused-ring (bicyclic) bond motifs is 1. The fraction of sp³-hybridized carbons (Fsp3) is 0.0588. The van der Waals surface area contributed by atoms with E-state index in [9.17, 15) is 14.7 Å². The molecule has 0 atom stereocenters. The Morgan fingerprint density at radius 1 is 1.17 bits per heavy atom. The number of rotatable bonds is 3. The lowest BCUT2D eigenvalue weighted by atomic mass is 10.0. The quantitative estimate of drug-likeness (QED) is 0.790. The highest BCUT2D eigenvalue weighted by atomic mass is 35.5. The van der Waals surface area contributed by atoms with Crippen LogP contribution in [0.25, 0.3) is 22.1 Å². The van der Waals surface area contributed by atoms with E-state index in [2.05, 4.69) is 0 Å². The van der Waals surface area contributed by atoms with Crippen LogP contribution in [0, 0.1) is 0 Å². The molecule has 1 N–H and O–H groups in total. The van der Waals surface area contributed by atoms with Crippen molar-refractivity contribution < 1.29 is 19.1 Å². The Labute approximate surface area is 135 Å². The Balaban J connectivity index is 2.38. The maximum absolute atomic E-state index is 12.7. The summed E-state index contributed by atoms with van der Waals surface area (Å²) >= 11 is 5.84. The molecule has 3 aromatic rings. The first kappa shape index (κ1) is 15.1. The lowest BCUT2D eigenvalue weighted by Gasteiger charge is -2.08. The number of halogens is 1. The number of carboxylic acids is 1. The summed E-state index contributed by atoms with van der Waals surface area (Å²) in [7, 11) is 1.47. The van der Waals surface area contributed by atoms with E-state index >= 15 is 0 Å². The first-order chi connectivity index (χ1) is 11.0. The molecule has 5 nitrogen and oxygen atoms in total. The van der Waals surface area contributed by atoms with Gasteiger partial charge in [0.1, 0.15) is 11.3 Å². The molecule has 23 heavy (non-hydrogen) atoms. The van der Waals surface area contributed by atoms with Crippen molar-refractivity contribution in [2.45, 2.75) is 0 Å². The van der Waals surface area contributed by atoms with Crippen LogP contribution in [0.15, 0.2) is 51.7 Å². The highest BCUT2D eigenvalue weighted by Gasteiger charge is 2.21. The molecule has 0 unspecified atom stereocenters. The van der Waals surface area contributed by atoms with Gasteiger partial charge in [-0.3, -0.25) is 4.79 Å². The zero-order chi connectivity index (χ0) is 16.6. The summed E-state index contributed by atoms with van der Waals surface area (Å²) in [5.74, 6) is -1.27. The van der Waals surface area contributed by atoms with Crippen molar-refractivity contribution in [2.75, 3.05) is 7.11 Å². The third-order valence-electron chi connectivity index (χ3n) is 3.43. The van der Waals surface area contributed by atoms with E-state index in [-0.39, 0.29) is 16.5 Å². The summed E-state index contributed by atoms with van der Waals surface area (Å²) in [4.78, 5) is 24.3. The summed E-state index contributed by atoms with van der Waals surface area (Å²) in [6.45, 7) is 0. The van der Waals surface area contributed by atoms with Gasteiger partial charge in [0.25, 0.3) is 0 Å². The topological polar surface area (TPSA) is 76.7 Å². The van der Waals surface area contributed by atoms with E-state index < -0.39 is 17.2 Å². The number of aromatic carboxylic acids is 1. The molecular weight excluding hydrogens is 320 g/mol. The van der Waals surface area contributed by atoms with Crippen molar-refractivity contribution in [1.29, 1.82) is 0 Å². The zero-order valence-corrected chi connectivity index (χ0v) is 12.8. The molecule has 0 fully saturated rings. The van der Waals surface area contributed by atoms with Gasteiger partial charge in [0.15, 0.2) is 0 Å². The Kier molecular flexibility index (Phi) is 3.80. The van der Waals surface area contributed by atoms with Crippen molar-refractivity contribution in [3.05, 3.63) is 63.5 Å². The predicted molar refractivity (Wildman–Crippen MR) is 86.4 cm³/mol. The van der Waals surface area contributed by atoms with Crippen LogP contribution in [0.4, 0.5) is 0 Å². The maximum atomic E-state index is 12.7. The lowest BCUT2D eigenvalue weighted by Crippen LogP contribution is -2.12. The monoisotopic (exact) mass is 330 g/mol. The molecule has 0 spiro atoms. The van der Waals surface area contributed by atoms with Gasteiger partial charge in [-0.2, -0.15) is 0 Å². The van der Waals surface area contributed by atoms with E-state index in [0.29, 0.717) is 16.3 Å². The van der Waals surface area contributed by atoms with Gasteiger partial charge in [-0.05, 0) is 29.8 Å². The van der Waals surface area contributed by atoms with E-state index in [4.69, 9.17) is 20.8 Å². The van der Waals surface area contributed by atoms with Gasteiger partial charge in [-0.15, -0.1) is 0 Å². The fourth-order valence-corrected chi connectivity index (χ4v) is 2.46. The second-order valence-electron chi connectivity index (χ2n) is 4.81. The smallest absolute Gasteiger partial charge is 0.372 e. The van der Waals surface area contributed by atoms with Crippen LogP contribution in [0.3, 0.4) is 0 Å². The third-order valence-corrected chi connectivity index (χ3v) is 3.68. The highest BCUT2D eigenvalue weighted by molar-refractivity contribution is 6.30. The molecule has 0 saturated carbocycles. The number of carbonyl (C=O) groups is 1. The Bertz CT molecular complexity index is 957. The van der Waals surface area contributed by atoms with Gasteiger partial charge in [0, 0.05) is 11.1 Å². The van der Waals surface area contributed by atoms with Crippen LogP contribution in [0.5, 0.6) is 5.75 Å². The molecule has 0 radical (unpaired) electrons. The Morgan fingerprint density at radius 2 is 1.87 bits per heavy atom. The van der Waals surface area contributed by atoms with Crippen LogP contribution in [0.2, 0.25) is 5.02 Å². The lowest BCUT2D eigenvalue weighted by molar-refractivity contribution is 0.0664. The van der Waals surface area contributed by atoms with Crippen molar-refractivity contribution >= 4 is 28.5 Å². The van der Waals surface area contributed by atoms with E-state index in [1.807, 2.05) is 0 Å². The Morgan fingerprint density at radius 3 is 2.48 bits per heavy atom. The standard InChI is InChI=1S/C17H11ClO5/c1-22-11-6-7-12-13(8-11)23-16(17(20)21)14(15(12)19)9-2-4-10(18)5-3-9/h2-8H,1H3,(H,20,21). The molecule has 0 aliphatic heterocycles. The zero-order valence-electron chi connectivity index (χ0n) is 12.0. The minimum Gasteiger partial charge on any atom is -0.497 e. The number of carboxylic acid groups (broad SMARTS) is 1. The van der Waals surface area contributed by atoms with Gasteiger partial charge >= 0.3 is 5.97 Å². The van der Waals surface area contributed by atoms with Gasteiger partial charge < -0.3 is 14.3 Å². The summed E-state index contributed by atoms with van der Waals surface area (Å²) in [5.41, 5.74) is 0.156. The van der Waals surface area contributed by atoms with Crippen LogP contribution in [0.1, 0.15) is 10.6 Å². The van der Waals surface area contributed by atoms with E-state index in [1.54, 1.807) is 36.4 Å². The SMILES string of the molecule is COc1ccc2c(=O)c(-c3ccc(Cl)cc3)c(C(=O)O)oc2c1. The second-order valence-corrected chi connectivity index (χ2v) is 5.25. The minimum absolute atomic E-state index is 0.00756. The number of ether oxygens (including phenoxy) is 1. The fourth-order valence-electron chi connectivity index (χ4n) is 2.33. The van der Waals surface area contributed by atoms with Gasteiger partial charge in [0.05, 0.1) is 18.1 Å². The second kappa shape index (κ2) is 5.78. The van der Waals surface area contributed by atoms with Crippen LogP contribution in [-0.4, -0.2) is 18.2 Å².